The summed E-state index contributed by atoms with van der Waals surface area (Å²) < 4.78 is 0. The Kier molecular flexibility index (Phi) is 5.11. The lowest BCUT2D eigenvalue weighted by atomic mass is 10.1. The summed E-state index contributed by atoms with van der Waals surface area (Å²) in [5.74, 6) is 2.67. The van der Waals surface area contributed by atoms with Gasteiger partial charge in [-0.1, -0.05) is 18.2 Å². The molecule has 0 atom stereocenters. The summed E-state index contributed by atoms with van der Waals surface area (Å²) in [6, 6.07) is 8.72. The van der Waals surface area contributed by atoms with Crippen molar-refractivity contribution in [1.82, 2.24) is 5.32 Å². The molecule has 18 heavy (non-hydrogen) atoms. The lowest BCUT2D eigenvalue weighted by Crippen LogP contribution is -2.22. The molecular formula is C16H22N2. The third-order valence-corrected chi connectivity index (χ3v) is 3.43. The number of terminal acetylenes is 1. The number of rotatable bonds is 6. The second-order valence-corrected chi connectivity index (χ2v) is 4.81. The van der Waals surface area contributed by atoms with E-state index in [0.717, 1.165) is 25.9 Å². The van der Waals surface area contributed by atoms with Crippen LogP contribution in [-0.2, 0) is 6.54 Å². The third kappa shape index (κ3) is 3.51. The number of nitrogens with one attached hydrogen (secondary N) is 1. The molecule has 0 spiro atoms. The van der Waals surface area contributed by atoms with Crippen LogP contribution in [-0.4, -0.2) is 19.6 Å². The second kappa shape index (κ2) is 7.08. The molecule has 96 valence electrons. The Labute approximate surface area is 110 Å². The van der Waals surface area contributed by atoms with Crippen molar-refractivity contribution in [3.8, 4) is 12.3 Å². The van der Waals surface area contributed by atoms with E-state index in [1.165, 1.54) is 37.2 Å². The van der Waals surface area contributed by atoms with Crippen molar-refractivity contribution in [3.05, 3.63) is 29.8 Å². The van der Waals surface area contributed by atoms with Crippen LogP contribution in [0.1, 0.15) is 31.2 Å². The molecular weight excluding hydrogens is 220 g/mol. The number of nitrogens with zero attached hydrogens (tertiary/aromatic N) is 1. The quantitative estimate of drug-likeness (QED) is 0.609. The maximum Gasteiger partial charge on any atom is 0.0411 e. The van der Waals surface area contributed by atoms with Gasteiger partial charge in [-0.2, -0.15) is 0 Å². The van der Waals surface area contributed by atoms with Crippen molar-refractivity contribution in [1.29, 1.82) is 0 Å². The fourth-order valence-electron chi connectivity index (χ4n) is 2.47. The van der Waals surface area contributed by atoms with Crippen LogP contribution in [0.4, 0.5) is 5.69 Å². The second-order valence-electron chi connectivity index (χ2n) is 4.81. The van der Waals surface area contributed by atoms with Gasteiger partial charge in [-0.3, -0.25) is 0 Å². The van der Waals surface area contributed by atoms with Crippen LogP contribution in [0.15, 0.2) is 24.3 Å². The van der Waals surface area contributed by atoms with Gasteiger partial charge < -0.3 is 10.2 Å². The first-order chi connectivity index (χ1) is 8.92. The van der Waals surface area contributed by atoms with Gasteiger partial charge in [0.05, 0.1) is 0 Å². The topological polar surface area (TPSA) is 15.3 Å². The first-order valence-corrected chi connectivity index (χ1v) is 6.89. The number of anilines is 1. The van der Waals surface area contributed by atoms with Crippen LogP contribution in [0.3, 0.4) is 0 Å². The Bertz CT molecular complexity index is 400. The number of hydrogen-bond donors (Lipinski definition) is 1. The lowest BCUT2D eigenvalue weighted by molar-refractivity contribution is 0.658. The fourth-order valence-corrected chi connectivity index (χ4v) is 2.47. The summed E-state index contributed by atoms with van der Waals surface area (Å²) in [6.07, 6.45) is 9.81. The molecule has 1 fully saturated rings. The Morgan fingerprint density at radius 2 is 2.00 bits per heavy atom. The van der Waals surface area contributed by atoms with Crippen LogP contribution in [0.2, 0.25) is 0 Å². The minimum absolute atomic E-state index is 0.862. The summed E-state index contributed by atoms with van der Waals surface area (Å²) in [5.41, 5.74) is 2.81. The molecule has 0 radical (unpaired) electrons. The number of para-hydroxylation sites is 1. The average Bonchev–Trinajstić information content (AvgIpc) is 2.93. The fraction of sp³-hybridized carbons (Fsp3) is 0.500. The largest absolute Gasteiger partial charge is 0.371 e. The predicted octanol–water partition coefficient (Wildman–Crippen LogP) is 2.79. The van der Waals surface area contributed by atoms with Gasteiger partial charge in [-0.05, 0) is 37.4 Å². The van der Waals surface area contributed by atoms with E-state index in [4.69, 9.17) is 6.42 Å². The molecule has 0 unspecified atom stereocenters. The Morgan fingerprint density at radius 1 is 1.22 bits per heavy atom. The van der Waals surface area contributed by atoms with Gasteiger partial charge in [0.2, 0.25) is 0 Å². The van der Waals surface area contributed by atoms with Crippen LogP contribution < -0.4 is 10.2 Å². The van der Waals surface area contributed by atoms with Crippen molar-refractivity contribution in [3.63, 3.8) is 0 Å². The molecule has 2 nitrogen and oxygen atoms in total. The van der Waals surface area contributed by atoms with E-state index in [2.05, 4.69) is 40.4 Å². The van der Waals surface area contributed by atoms with E-state index in [-0.39, 0.29) is 0 Å². The smallest absolute Gasteiger partial charge is 0.0411 e. The summed E-state index contributed by atoms with van der Waals surface area (Å²) in [7, 11) is 0. The van der Waals surface area contributed by atoms with Crippen LogP contribution in [0.5, 0.6) is 0 Å². The molecule has 0 amide bonds. The zero-order chi connectivity index (χ0) is 12.6. The van der Waals surface area contributed by atoms with Gasteiger partial charge in [-0.25, -0.2) is 0 Å². The SMILES string of the molecule is C#CCCCNCc1ccccc1N1CCCC1. The minimum atomic E-state index is 0.862. The molecule has 0 aliphatic carbocycles. The molecule has 1 saturated heterocycles. The molecule has 1 aromatic rings. The van der Waals surface area contributed by atoms with E-state index < -0.39 is 0 Å². The Balaban J connectivity index is 1.89. The lowest BCUT2D eigenvalue weighted by Gasteiger charge is -2.21. The van der Waals surface area contributed by atoms with Crippen molar-refractivity contribution < 1.29 is 0 Å². The number of benzene rings is 1. The van der Waals surface area contributed by atoms with E-state index in [9.17, 15) is 0 Å². The van der Waals surface area contributed by atoms with Crippen LogP contribution in [0.25, 0.3) is 0 Å². The summed E-state index contributed by atoms with van der Waals surface area (Å²) >= 11 is 0. The highest BCUT2D eigenvalue weighted by atomic mass is 15.1. The van der Waals surface area contributed by atoms with Gasteiger partial charge in [0.25, 0.3) is 0 Å². The van der Waals surface area contributed by atoms with Crippen molar-refractivity contribution in [2.75, 3.05) is 24.5 Å². The first-order valence-electron chi connectivity index (χ1n) is 6.89. The van der Waals surface area contributed by atoms with Gasteiger partial charge in [0.15, 0.2) is 0 Å². The highest BCUT2D eigenvalue weighted by Crippen LogP contribution is 2.24. The molecule has 2 rings (SSSR count). The zero-order valence-corrected chi connectivity index (χ0v) is 11.0. The highest BCUT2D eigenvalue weighted by Gasteiger charge is 2.14. The number of hydrogen-bond acceptors (Lipinski definition) is 2. The first kappa shape index (κ1) is 13.0. The highest BCUT2D eigenvalue weighted by molar-refractivity contribution is 5.54. The summed E-state index contributed by atoms with van der Waals surface area (Å²) in [6.45, 7) is 4.35. The third-order valence-electron chi connectivity index (χ3n) is 3.43. The molecule has 2 heteroatoms. The van der Waals surface area contributed by atoms with Crippen molar-refractivity contribution >= 4 is 5.69 Å². The Hall–Kier alpha value is -1.46. The van der Waals surface area contributed by atoms with Crippen LogP contribution >= 0.6 is 0 Å². The normalized spacial score (nSPS) is 14.7. The minimum Gasteiger partial charge on any atom is -0.371 e. The van der Waals surface area contributed by atoms with E-state index in [0.29, 0.717) is 0 Å². The van der Waals surface area contributed by atoms with Gasteiger partial charge >= 0.3 is 0 Å². The molecule has 1 N–H and O–H groups in total. The molecule has 1 heterocycles. The van der Waals surface area contributed by atoms with Crippen molar-refractivity contribution in [2.45, 2.75) is 32.2 Å². The maximum absolute atomic E-state index is 5.24. The predicted molar refractivity (Wildman–Crippen MR) is 77.7 cm³/mol. The van der Waals surface area contributed by atoms with Gasteiger partial charge in [0.1, 0.15) is 0 Å². The standard InChI is InChI=1S/C16H22N2/c1-2-3-6-11-17-14-15-9-4-5-10-16(15)18-12-7-8-13-18/h1,4-5,9-10,17H,3,6-8,11-14H2. The van der Waals surface area contributed by atoms with Gasteiger partial charge in [0, 0.05) is 31.7 Å². The zero-order valence-electron chi connectivity index (χ0n) is 11.0. The molecule has 1 aliphatic rings. The molecule has 0 aromatic heterocycles. The molecule has 0 saturated carbocycles. The summed E-state index contributed by atoms with van der Waals surface area (Å²) in [4.78, 5) is 2.50. The van der Waals surface area contributed by atoms with Gasteiger partial charge in [-0.15, -0.1) is 12.3 Å². The van der Waals surface area contributed by atoms with E-state index in [1.807, 2.05) is 0 Å². The molecule has 1 aromatic carbocycles. The Morgan fingerprint density at radius 3 is 2.78 bits per heavy atom. The van der Waals surface area contributed by atoms with Crippen LogP contribution in [0, 0.1) is 12.3 Å². The van der Waals surface area contributed by atoms with E-state index >= 15 is 0 Å². The summed E-state index contributed by atoms with van der Waals surface area (Å²) in [5, 5.41) is 3.48. The average molecular weight is 242 g/mol. The maximum atomic E-state index is 5.24. The molecule has 1 aliphatic heterocycles. The monoisotopic (exact) mass is 242 g/mol. The van der Waals surface area contributed by atoms with E-state index in [1.54, 1.807) is 0 Å². The molecule has 0 bridgehead atoms. The van der Waals surface area contributed by atoms with Crippen molar-refractivity contribution in [2.24, 2.45) is 0 Å². The number of unbranched alkanes of at least 4 members (excludes halogenated alkanes) is 1.